The molecule has 0 aromatic rings. The molecule has 0 bridgehead atoms. The third-order valence-corrected chi connectivity index (χ3v) is 7.59. The summed E-state index contributed by atoms with van der Waals surface area (Å²) in [6, 6.07) is 0. The minimum atomic E-state index is -0.674. The molecule has 0 N–H and O–H groups in total. The standard InChI is InChI=1S/C22H32O4/c1-14-7-6-8-18-21(14,4)10-9-15(2)22(18,5)19-11-17(13-23)12-20(26-19)25-16(3)24/h11,13,15,18-20H,1,6-10,12H2,2-5H3/t15-,18+,19+,20-,21+,22+/m1/s1. The number of hydrogen-bond acceptors (Lipinski definition) is 4. The maximum absolute atomic E-state index is 11.5. The molecule has 4 nitrogen and oxygen atoms in total. The van der Waals surface area contributed by atoms with Crippen molar-refractivity contribution >= 4 is 12.3 Å². The number of fused-ring (bicyclic) bond motifs is 1. The van der Waals surface area contributed by atoms with Crippen LogP contribution in [0.25, 0.3) is 0 Å². The number of rotatable bonds is 3. The summed E-state index contributed by atoms with van der Waals surface area (Å²) in [5.74, 6) is 0.528. The van der Waals surface area contributed by atoms with Gasteiger partial charge < -0.3 is 9.47 Å². The summed E-state index contributed by atoms with van der Waals surface area (Å²) >= 11 is 0. The highest BCUT2D eigenvalue weighted by Gasteiger charge is 2.57. The second-order valence-corrected chi connectivity index (χ2v) is 8.93. The van der Waals surface area contributed by atoms with Gasteiger partial charge in [-0.05, 0) is 61.0 Å². The van der Waals surface area contributed by atoms with E-state index in [9.17, 15) is 9.59 Å². The molecular formula is C22H32O4. The Bertz CT molecular complexity index is 636. The minimum absolute atomic E-state index is 0.117. The maximum Gasteiger partial charge on any atom is 0.304 e. The Labute approximate surface area is 157 Å². The highest BCUT2D eigenvalue weighted by atomic mass is 16.7. The van der Waals surface area contributed by atoms with Gasteiger partial charge in [-0.25, -0.2) is 0 Å². The second kappa shape index (κ2) is 6.95. The Morgan fingerprint density at radius 1 is 1.38 bits per heavy atom. The Hall–Kier alpha value is -1.42. The lowest BCUT2D eigenvalue weighted by Crippen LogP contribution is -2.57. The highest BCUT2D eigenvalue weighted by molar-refractivity contribution is 5.74. The zero-order valence-corrected chi connectivity index (χ0v) is 16.5. The van der Waals surface area contributed by atoms with Gasteiger partial charge in [0.1, 0.15) is 6.29 Å². The summed E-state index contributed by atoms with van der Waals surface area (Å²) in [7, 11) is 0. The average molecular weight is 360 g/mol. The van der Waals surface area contributed by atoms with E-state index in [0.29, 0.717) is 23.8 Å². The summed E-state index contributed by atoms with van der Waals surface area (Å²) in [6.07, 6.45) is 7.98. The van der Waals surface area contributed by atoms with Gasteiger partial charge in [0.05, 0.1) is 6.10 Å². The van der Waals surface area contributed by atoms with Crippen LogP contribution in [-0.4, -0.2) is 24.6 Å². The largest absolute Gasteiger partial charge is 0.436 e. The molecule has 4 heteroatoms. The van der Waals surface area contributed by atoms with Gasteiger partial charge in [0.2, 0.25) is 6.29 Å². The SMILES string of the molecule is C=C1CCC[C@@H]2[C@@](C)([C@@H]3C=C(C=O)C[C@H](OC(C)=O)O3)[C@H](C)CC[C@@]12C. The van der Waals surface area contributed by atoms with Crippen LogP contribution in [0.1, 0.15) is 66.2 Å². The van der Waals surface area contributed by atoms with E-state index in [0.717, 1.165) is 38.4 Å². The molecule has 2 saturated carbocycles. The summed E-state index contributed by atoms with van der Waals surface area (Å²) in [6.45, 7) is 12.7. The molecule has 0 spiro atoms. The molecule has 3 rings (SSSR count). The van der Waals surface area contributed by atoms with Gasteiger partial charge in [-0.1, -0.05) is 32.9 Å². The molecule has 144 valence electrons. The molecule has 3 aliphatic rings. The number of hydrogen-bond donors (Lipinski definition) is 0. The van der Waals surface area contributed by atoms with Crippen LogP contribution in [0, 0.1) is 22.7 Å². The molecule has 6 atom stereocenters. The van der Waals surface area contributed by atoms with E-state index in [-0.39, 0.29) is 22.9 Å². The van der Waals surface area contributed by atoms with Crippen molar-refractivity contribution in [1.82, 2.24) is 0 Å². The van der Waals surface area contributed by atoms with E-state index in [1.54, 1.807) is 0 Å². The summed E-state index contributed by atoms with van der Waals surface area (Å²) in [4.78, 5) is 23.0. The second-order valence-electron chi connectivity index (χ2n) is 8.93. The molecule has 2 aliphatic carbocycles. The van der Waals surface area contributed by atoms with Crippen LogP contribution in [0.5, 0.6) is 0 Å². The van der Waals surface area contributed by atoms with Crippen LogP contribution in [0.3, 0.4) is 0 Å². The maximum atomic E-state index is 11.5. The number of ether oxygens (including phenoxy) is 2. The topological polar surface area (TPSA) is 52.6 Å². The lowest BCUT2D eigenvalue weighted by atomic mass is 9.45. The van der Waals surface area contributed by atoms with Gasteiger partial charge in [0.15, 0.2) is 0 Å². The number of carbonyl (C=O) groups excluding carboxylic acids is 2. The predicted molar refractivity (Wildman–Crippen MR) is 100 cm³/mol. The van der Waals surface area contributed by atoms with E-state index >= 15 is 0 Å². The van der Waals surface area contributed by atoms with Crippen molar-refractivity contribution in [2.24, 2.45) is 22.7 Å². The third-order valence-electron chi connectivity index (χ3n) is 7.59. The summed E-state index contributed by atoms with van der Waals surface area (Å²) in [5, 5.41) is 0. The van der Waals surface area contributed by atoms with Gasteiger partial charge in [-0.3, -0.25) is 9.59 Å². The minimum Gasteiger partial charge on any atom is -0.436 e. The number of aldehydes is 1. The van der Waals surface area contributed by atoms with Crippen molar-refractivity contribution in [3.8, 4) is 0 Å². The Balaban J connectivity index is 1.99. The predicted octanol–water partition coefficient (Wildman–Crippen LogP) is 4.59. The van der Waals surface area contributed by atoms with E-state index < -0.39 is 6.29 Å². The van der Waals surface area contributed by atoms with Crippen molar-refractivity contribution in [3.63, 3.8) is 0 Å². The van der Waals surface area contributed by atoms with Crippen LogP contribution >= 0.6 is 0 Å². The molecule has 0 aromatic heterocycles. The molecular weight excluding hydrogens is 328 g/mol. The van der Waals surface area contributed by atoms with Crippen molar-refractivity contribution < 1.29 is 19.1 Å². The third kappa shape index (κ3) is 3.06. The first kappa shape index (κ1) is 19.3. The van der Waals surface area contributed by atoms with Crippen LogP contribution in [0.4, 0.5) is 0 Å². The molecule has 0 unspecified atom stereocenters. The zero-order valence-electron chi connectivity index (χ0n) is 16.5. The summed E-state index contributed by atoms with van der Waals surface area (Å²) in [5.41, 5.74) is 2.03. The van der Waals surface area contributed by atoms with Crippen LogP contribution in [0.2, 0.25) is 0 Å². The first-order chi connectivity index (χ1) is 12.2. The lowest BCUT2D eigenvalue weighted by Gasteiger charge is -2.60. The molecule has 1 heterocycles. The fourth-order valence-corrected chi connectivity index (χ4v) is 5.74. The molecule has 0 amide bonds. The van der Waals surface area contributed by atoms with E-state index in [1.807, 2.05) is 6.08 Å². The number of allylic oxidation sites excluding steroid dienone is 1. The van der Waals surface area contributed by atoms with Gasteiger partial charge in [-0.15, -0.1) is 0 Å². The van der Waals surface area contributed by atoms with Crippen molar-refractivity contribution in [3.05, 3.63) is 23.8 Å². The highest BCUT2D eigenvalue weighted by Crippen LogP contribution is 2.63. The molecule has 1 aliphatic heterocycles. The Kier molecular flexibility index (Phi) is 5.17. The lowest BCUT2D eigenvalue weighted by molar-refractivity contribution is -0.218. The quantitative estimate of drug-likeness (QED) is 0.420. The summed E-state index contributed by atoms with van der Waals surface area (Å²) < 4.78 is 11.6. The van der Waals surface area contributed by atoms with Crippen molar-refractivity contribution in [2.75, 3.05) is 0 Å². The van der Waals surface area contributed by atoms with E-state index in [4.69, 9.17) is 9.47 Å². The number of carbonyl (C=O) groups is 2. The van der Waals surface area contributed by atoms with Gasteiger partial charge in [0, 0.05) is 18.8 Å². The molecule has 0 radical (unpaired) electrons. The van der Waals surface area contributed by atoms with Crippen molar-refractivity contribution in [1.29, 1.82) is 0 Å². The number of esters is 1. The van der Waals surface area contributed by atoms with Crippen LogP contribution in [-0.2, 0) is 19.1 Å². The molecule has 26 heavy (non-hydrogen) atoms. The molecule has 0 aromatic carbocycles. The smallest absolute Gasteiger partial charge is 0.304 e. The van der Waals surface area contributed by atoms with E-state index in [1.165, 1.54) is 12.5 Å². The van der Waals surface area contributed by atoms with Gasteiger partial charge in [0.25, 0.3) is 0 Å². The molecule has 2 fully saturated rings. The molecule has 0 saturated heterocycles. The van der Waals surface area contributed by atoms with Gasteiger partial charge >= 0.3 is 5.97 Å². The monoisotopic (exact) mass is 360 g/mol. The average Bonchev–Trinajstić information content (AvgIpc) is 2.59. The zero-order chi connectivity index (χ0) is 19.1. The van der Waals surface area contributed by atoms with Crippen molar-refractivity contribution in [2.45, 2.75) is 78.6 Å². The normalized spacial score (nSPS) is 43.2. The van der Waals surface area contributed by atoms with Gasteiger partial charge in [-0.2, -0.15) is 0 Å². The van der Waals surface area contributed by atoms with Crippen LogP contribution < -0.4 is 0 Å². The fraction of sp³-hybridized carbons (Fsp3) is 0.727. The Morgan fingerprint density at radius 3 is 2.77 bits per heavy atom. The Morgan fingerprint density at radius 2 is 2.12 bits per heavy atom. The van der Waals surface area contributed by atoms with Crippen LogP contribution in [0.15, 0.2) is 23.8 Å². The first-order valence-electron chi connectivity index (χ1n) is 9.88. The first-order valence-corrected chi connectivity index (χ1v) is 9.88. The fourth-order valence-electron chi connectivity index (χ4n) is 5.74. The van der Waals surface area contributed by atoms with E-state index in [2.05, 4.69) is 27.4 Å².